The molecule has 0 saturated carbocycles. The molecule has 0 saturated heterocycles. The number of aromatic nitrogens is 1. The minimum Gasteiger partial charge on any atom is -0.308 e. The summed E-state index contributed by atoms with van der Waals surface area (Å²) in [4.78, 5) is 0. The van der Waals surface area contributed by atoms with Crippen LogP contribution < -0.4 is 0 Å². The van der Waals surface area contributed by atoms with E-state index in [1.807, 2.05) is 11.3 Å². The van der Waals surface area contributed by atoms with Crippen LogP contribution in [-0.2, 0) is 5.41 Å². The van der Waals surface area contributed by atoms with Crippen LogP contribution in [0.2, 0.25) is 0 Å². The molecule has 0 bridgehead atoms. The highest BCUT2D eigenvalue weighted by molar-refractivity contribution is 7.27. The van der Waals surface area contributed by atoms with Crippen LogP contribution in [0.3, 0.4) is 0 Å². The molecule has 0 amide bonds. The summed E-state index contributed by atoms with van der Waals surface area (Å²) in [5, 5.41) is 7.95. The van der Waals surface area contributed by atoms with Crippen molar-refractivity contribution in [2.45, 2.75) is 19.3 Å². The Morgan fingerprint density at radius 3 is 1.89 bits per heavy atom. The molecule has 0 aliphatic heterocycles. The Morgan fingerprint density at radius 1 is 0.489 bits per heavy atom. The number of thiophene rings is 1. The lowest BCUT2D eigenvalue weighted by atomic mass is 9.81. The highest BCUT2D eigenvalue weighted by Crippen LogP contribution is 2.50. The summed E-state index contributed by atoms with van der Waals surface area (Å²) in [5.74, 6) is 0. The molecule has 1 aliphatic rings. The largest absolute Gasteiger partial charge is 0.308 e. The van der Waals surface area contributed by atoms with E-state index in [0.717, 1.165) is 0 Å². The van der Waals surface area contributed by atoms with Gasteiger partial charge in [0, 0.05) is 32.0 Å². The van der Waals surface area contributed by atoms with Gasteiger partial charge in [0.1, 0.15) is 0 Å². The number of hydrogen-bond acceptors (Lipinski definition) is 1. The lowest BCUT2D eigenvalue weighted by molar-refractivity contribution is 0.660. The van der Waals surface area contributed by atoms with Gasteiger partial charge in [0.25, 0.3) is 0 Å². The Bertz CT molecular complexity index is 2670. The summed E-state index contributed by atoms with van der Waals surface area (Å²) < 4.78 is 5.22. The zero-order valence-electron chi connectivity index (χ0n) is 25.1. The molecule has 45 heavy (non-hydrogen) atoms. The first-order chi connectivity index (χ1) is 22.1. The second-order valence-electron chi connectivity index (χ2n) is 12.9. The van der Waals surface area contributed by atoms with E-state index in [-0.39, 0.29) is 5.41 Å². The monoisotopic (exact) mass is 591 g/mol. The molecule has 212 valence electrons. The van der Waals surface area contributed by atoms with Gasteiger partial charge in [-0.25, -0.2) is 0 Å². The second-order valence-corrected chi connectivity index (χ2v) is 13.9. The van der Waals surface area contributed by atoms with E-state index in [1.165, 1.54) is 91.8 Å². The van der Waals surface area contributed by atoms with Gasteiger partial charge < -0.3 is 4.57 Å². The third kappa shape index (κ3) is 3.32. The molecule has 9 aromatic rings. The van der Waals surface area contributed by atoms with Gasteiger partial charge in [-0.2, -0.15) is 0 Å². The zero-order chi connectivity index (χ0) is 29.9. The lowest BCUT2D eigenvalue weighted by Crippen LogP contribution is -2.14. The van der Waals surface area contributed by atoms with Gasteiger partial charge in [-0.15, -0.1) is 11.3 Å². The number of rotatable bonds is 2. The van der Waals surface area contributed by atoms with Crippen LogP contribution >= 0.6 is 11.3 Å². The van der Waals surface area contributed by atoms with Gasteiger partial charge in [0.15, 0.2) is 0 Å². The quantitative estimate of drug-likeness (QED) is 0.176. The normalized spacial score (nSPS) is 13.7. The summed E-state index contributed by atoms with van der Waals surface area (Å²) in [7, 11) is 0. The van der Waals surface area contributed by atoms with Crippen LogP contribution in [0, 0.1) is 0 Å². The van der Waals surface area contributed by atoms with E-state index in [1.54, 1.807) is 0 Å². The Morgan fingerprint density at radius 2 is 1.09 bits per heavy atom. The van der Waals surface area contributed by atoms with Crippen molar-refractivity contribution >= 4 is 64.1 Å². The van der Waals surface area contributed by atoms with Crippen LogP contribution in [0.4, 0.5) is 0 Å². The minimum atomic E-state index is -0.00943. The van der Waals surface area contributed by atoms with Crippen LogP contribution in [-0.4, -0.2) is 4.57 Å². The first-order valence-electron chi connectivity index (χ1n) is 15.7. The zero-order valence-corrected chi connectivity index (χ0v) is 26.0. The van der Waals surface area contributed by atoms with Crippen molar-refractivity contribution in [3.05, 3.63) is 151 Å². The van der Waals surface area contributed by atoms with Crippen molar-refractivity contribution < 1.29 is 0 Å². The number of nitrogens with zero attached hydrogens (tertiary/aromatic N) is 1. The Labute approximate surface area is 265 Å². The van der Waals surface area contributed by atoms with Crippen LogP contribution in [0.1, 0.15) is 25.0 Å². The topological polar surface area (TPSA) is 4.93 Å². The molecule has 0 radical (unpaired) electrons. The van der Waals surface area contributed by atoms with Crippen LogP contribution in [0.25, 0.3) is 80.7 Å². The molecule has 1 aliphatic carbocycles. The minimum absolute atomic E-state index is 0.00943. The van der Waals surface area contributed by atoms with Gasteiger partial charge in [0.2, 0.25) is 0 Å². The maximum atomic E-state index is 2.50. The summed E-state index contributed by atoms with van der Waals surface area (Å²) in [6.07, 6.45) is 0. The molecule has 2 heterocycles. The highest BCUT2D eigenvalue weighted by Gasteiger charge is 2.35. The molecule has 0 N–H and O–H groups in total. The molecule has 2 aromatic heterocycles. The predicted octanol–water partition coefficient (Wildman–Crippen LogP) is 12.3. The lowest BCUT2D eigenvalue weighted by Gasteiger charge is -2.22. The van der Waals surface area contributed by atoms with Crippen LogP contribution in [0.15, 0.2) is 140 Å². The average molecular weight is 592 g/mol. The standard InChI is InChI=1S/C43H29NS/c1-43(2)36-17-9-7-13-31(36)32-24-21-27(25-37(32)43)26-19-22-28(23-20-26)44-38-18-10-8-16-35(38)42-40(44)39-33-14-5-3-11-29(33)30-12-4-6-15-34(30)41(39)45-42/h3-25H,1-2H3. The molecule has 1 nitrogen and oxygen atoms in total. The Hall–Kier alpha value is -5.18. The van der Waals surface area contributed by atoms with E-state index in [2.05, 4.69) is 158 Å². The molecule has 0 spiro atoms. The van der Waals surface area contributed by atoms with Crippen molar-refractivity contribution in [1.82, 2.24) is 4.57 Å². The molecule has 0 atom stereocenters. The molecule has 0 unspecified atom stereocenters. The van der Waals surface area contributed by atoms with Crippen molar-refractivity contribution in [3.63, 3.8) is 0 Å². The molecular weight excluding hydrogens is 563 g/mol. The number of fused-ring (bicyclic) bond motifs is 13. The SMILES string of the molecule is CC1(C)c2ccccc2-c2ccc(-c3ccc(-n4c5ccccc5c5sc6c7ccccc7c7ccccc7c6c54)cc3)cc21. The van der Waals surface area contributed by atoms with Gasteiger partial charge >= 0.3 is 0 Å². The molecule has 2 heteroatoms. The number of hydrogen-bond donors (Lipinski definition) is 0. The third-order valence-electron chi connectivity index (χ3n) is 10.2. The van der Waals surface area contributed by atoms with Gasteiger partial charge in [-0.05, 0) is 73.8 Å². The predicted molar refractivity (Wildman–Crippen MR) is 194 cm³/mol. The third-order valence-corrected chi connectivity index (χ3v) is 11.4. The fourth-order valence-corrected chi connectivity index (χ4v) is 9.42. The summed E-state index contributed by atoms with van der Waals surface area (Å²) >= 11 is 1.94. The summed E-state index contributed by atoms with van der Waals surface area (Å²) in [6.45, 7) is 4.70. The van der Waals surface area contributed by atoms with E-state index in [4.69, 9.17) is 0 Å². The second kappa shape index (κ2) is 8.94. The van der Waals surface area contributed by atoms with Crippen molar-refractivity contribution in [1.29, 1.82) is 0 Å². The molecule has 10 rings (SSSR count). The fraction of sp³-hybridized carbons (Fsp3) is 0.0698. The van der Waals surface area contributed by atoms with Crippen molar-refractivity contribution in [2.75, 3.05) is 0 Å². The number of para-hydroxylation sites is 1. The summed E-state index contributed by atoms with van der Waals surface area (Å²) in [5.41, 5.74) is 11.8. The fourth-order valence-electron chi connectivity index (χ4n) is 8.05. The Balaban J connectivity index is 1.20. The molecule has 7 aromatic carbocycles. The Kier molecular flexibility index (Phi) is 5.00. The van der Waals surface area contributed by atoms with Gasteiger partial charge in [-0.3, -0.25) is 0 Å². The van der Waals surface area contributed by atoms with Crippen molar-refractivity contribution in [3.8, 4) is 27.9 Å². The first-order valence-corrected chi connectivity index (χ1v) is 16.5. The average Bonchev–Trinajstić information content (AvgIpc) is 3.71. The van der Waals surface area contributed by atoms with Gasteiger partial charge in [-0.1, -0.05) is 129 Å². The van der Waals surface area contributed by atoms with E-state index in [0.29, 0.717) is 0 Å². The highest BCUT2D eigenvalue weighted by atomic mass is 32.1. The summed E-state index contributed by atoms with van der Waals surface area (Å²) in [6, 6.07) is 51.8. The van der Waals surface area contributed by atoms with E-state index in [9.17, 15) is 0 Å². The molecular formula is C43H29NS. The van der Waals surface area contributed by atoms with E-state index >= 15 is 0 Å². The van der Waals surface area contributed by atoms with E-state index < -0.39 is 0 Å². The van der Waals surface area contributed by atoms with Gasteiger partial charge in [0.05, 0.1) is 15.7 Å². The number of benzene rings is 7. The molecule has 0 fully saturated rings. The maximum Gasteiger partial charge on any atom is 0.0734 e. The van der Waals surface area contributed by atoms with Crippen molar-refractivity contribution in [2.24, 2.45) is 0 Å². The van der Waals surface area contributed by atoms with Crippen LogP contribution in [0.5, 0.6) is 0 Å². The maximum absolute atomic E-state index is 2.50. The first kappa shape index (κ1) is 25.2. The smallest absolute Gasteiger partial charge is 0.0734 e.